The van der Waals surface area contributed by atoms with Crippen LogP contribution in [0.3, 0.4) is 0 Å². The van der Waals surface area contributed by atoms with Crippen LogP contribution in [0.2, 0.25) is 5.02 Å². The van der Waals surface area contributed by atoms with Crippen molar-refractivity contribution >= 4 is 29.3 Å². The lowest BCUT2D eigenvalue weighted by molar-refractivity contribution is 0.0600. The number of hydrogen-bond donors (Lipinski definition) is 0. The highest BCUT2D eigenvalue weighted by atomic mass is 35.5. The maximum absolute atomic E-state index is 11.3. The Kier molecular flexibility index (Phi) is 4.51. The van der Waals surface area contributed by atoms with Crippen molar-refractivity contribution in [3.05, 3.63) is 58.6 Å². The van der Waals surface area contributed by atoms with Crippen molar-refractivity contribution in [3.63, 3.8) is 0 Å². The largest absolute Gasteiger partial charge is 0.465 e. The summed E-state index contributed by atoms with van der Waals surface area (Å²) in [6.45, 7) is 1.98. The van der Waals surface area contributed by atoms with E-state index in [2.05, 4.69) is 4.74 Å². The fourth-order valence-electron chi connectivity index (χ4n) is 1.59. The van der Waals surface area contributed by atoms with Gasteiger partial charge in [-0.2, -0.15) is 0 Å². The molecular formula is C15H13ClO2S. The third-order valence-corrected chi connectivity index (χ3v) is 4.06. The first-order valence-electron chi connectivity index (χ1n) is 5.72. The molecule has 2 rings (SSSR count). The first kappa shape index (κ1) is 14.0. The average molecular weight is 293 g/mol. The first-order chi connectivity index (χ1) is 9.10. The molecule has 0 saturated carbocycles. The Morgan fingerprint density at radius 1 is 1.11 bits per heavy atom. The zero-order chi connectivity index (χ0) is 13.8. The van der Waals surface area contributed by atoms with Crippen LogP contribution in [0.5, 0.6) is 0 Å². The molecule has 19 heavy (non-hydrogen) atoms. The Labute approximate surface area is 121 Å². The number of halogens is 1. The lowest BCUT2D eigenvalue weighted by Crippen LogP contribution is -2.00. The van der Waals surface area contributed by atoms with Crippen LogP contribution < -0.4 is 0 Å². The third-order valence-electron chi connectivity index (χ3n) is 2.64. The molecule has 4 heteroatoms. The van der Waals surface area contributed by atoms with Gasteiger partial charge in [0.05, 0.1) is 12.7 Å². The number of esters is 1. The highest BCUT2D eigenvalue weighted by Crippen LogP contribution is 2.30. The SMILES string of the molecule is COC(=O)c1ccc(Sc2ccc(Cl)c(C)c2)cc1. The molecule has 0 aliphatic carbocycles. The van der Waals surface area contributed by atoms with Crippen LogP contribution in [0.15, 0.2) is 52.3 Å². The molecule has 0 radical (unpaired) electrons. The zero-order valence-electron chi connectivity index (χ0n) is 10.6. The van der Waals surface area contributed by atoms with Gasteiger partial charge in [0, 0.05) is 14.8 Å². The number of carbonyl (C=O) groups is 1. The molecule has 0 amide bonds. The second kappa shape index (κ2) is 6.13. The fraction of sp³-hybridized carbons (Fsp3) is 0.133. The van der Waals surface area contributed by atoms with Crippen LogP contribution in [0.25, 0.3) is 0 Å². The summed E-state index contributed by atoms with van der Waals surface area (Å²) < 4.78 is 4.66. The molecule has 0 aromatic heterocycles. The van der Waals surface area contributed by atoms with E-state index in [-0.39, 0.29) is 5.97 Å². The van der Waals surface area contributed by atoms with Gasteiger partial charge in [-0.25, -0.2) is 4.79 Å². The molecule has 98 valence electrons. The Morgan fingerprint density at radius 3 is 2.32 bits per heavy atom. The van der Waals surface area contributed by atoms with E-state index in [1.165, 1.54) is 7.11 Å². The molecule has 0 unspecified atom stereocenters. The molecule has 2 nitrogen and oxygen atoms in total. The molecule has 0 spiro atoms. The van der Waals surface area contributed by atoms with Gasteiger partial charge in [0.1, 0.15) is 0 Å². The topological polar surface area (TPSA) is 26.3 Å². The smallest absolute Gasteiger partial charge is 0.337 e. The number of rotatable bonds is 3. The Hall–Kier alpha value is -1.45. The van der Waals surface area contributed by atoms with Gasteiger partial charge in [-0.05, 0) is 55.0 Å². The van der Waals surface area contributed by atoms with E-state index in [1.807, 2.05) is 37.3 Å². The monoisotopic (exact) mass is 292 g/mol. The molecular weight excluding hydrogens is 280 g/mol. The van der Waals surface area contributed by atoms with Gasteiger partial charge in [-0.15, -0.1) is 0 Å². The number of methoxy groups -OCH3 is 1. The molecule has 0 atom stereocenters. The van der Waals surface area contributed by atoms with Crippen LogP contribution in [-0.4, -0.2) is 13.1 Å². The summed E-state index contributed by atoms with van der Waals surface area (Å²) in [5, 5.41) is 0.769. The van der Waals surface area contributed by atoms with E-state index in [1.54, 1.807) is 23.9 Å². The minimum absolute atomic E-state index is 0.320. The van der Waals surface area contributed by atoms with Crippen LogP contribution in [-0.2, 0) is 4.74 Å². The standard InChI is InChI=1S/C15H13ClO2S/c1-10-9-13(7-8-14(10)16)19-12-5-3-11(4-6-12)15(17)18-2/h3-9H,1-2H3. The maximum atomic E-state index is 11.3. The Balaban J connectivity index is 2.15. The minimum Gasteiger partial charge on any atom is -0.465 e. The van der Waals surface area contributed by atoms with Crippen LogP contribution >= 0.6 is 23.4 Å². The Morgan fingerprint density at radius 2 is 1.74 bits per heavy atom. The second-order valence-corrected chi connectivity index (χ2v) is 5.58. The molecule has 0 heterocycles. The predicted octanol–water partition coefficient (Wildman–Crippen LogP) is 4.59. The fourth-order valence-corrected chi connectivity index (χ4v) is 2.63. The highest BCUT2D eigenvalue weighted by molar-refractivity contribution is 7.99. The van der Waals surface area contributed by atoms with Crippen molar-refractivity contribution in [2.75, 3.05) is 7.11 Å². The zero-order valence-corrected chi connectivity index (χ0v) is 12.2. The van der Waals surface area contributed by atoms with E-state index < -0.39 is 0 Å². The summed E-state index contributed by atoms with van der Waals surface area (Å²) in [6, 6.07) is 13.2. The van der Waals surface area contributed by atoms with Crippen LogP contribution in [0.1, 0.15) is 15.9 Å². The summed E-state index contributed by atoms with van der Waals surface area (Å²) in [4.78, 5) is 13.5. The molecule has 0 bridgehead atoms. The Bertz CT molecular complexity index is 594. The third kappa shape index (κ3) is 3.52. The summed E-state index contributed by atoms with van der Waals surface area (Å²) in [6.07, 6.45) is 0. The van der Waals surface area contributed by atoms with Gasteiger partial charge < -0.3 is 4.74 Å². The predicted molar refractivity (Wildman–Crippen MR) is 78.1 cm³/mol. The van der Waals surface area contributed by atoms with E-state index >= 15 is 0 Å². The van der Waals surface area contributed by atoms with Gasteiger partial charge in [0.15, 0.2) is 0 Å². The van der Waals surface area contributed by atoms with E-state index in [0.29, 0.717) is 5.56 Å². The van der Waals surface area contributed by atoms with E-state index in [9.17, 15) is 4.79 Å². The molecule has 2 aromatic rings. The molecule has 2 aromatic carbocycles. The van der Waals surface area contributed by atoms with Crippen molar-refractivity contribution < 1.29 is 9.53 Å². The van der Waals surface area contributed by atoms with Gasteiger partial charge in [0.25, 0.3) is 0 Å². The van der Waals surface area contributed by atoms with Gasteiger partial charge in [0.2, 0.25) is 0 Å². The quantitative estimate of drug-likeness (QED) is 0.774. The van der Waals surface area contributed by atoms with Crippen molar-refractivity contribution in [2.24, 2.45) is 0 Å². The molecule has 0 fully saturated rings. The van der Waals surface area contributed by atoms with E-state index in [4.69, 9.17) is 11.6 Å². The summed E-state index contributed by atoms with van der Waals surface area (Å²) >= 11 is 7.62. The number of benzene rings is 2. The number of ether oxygens (including phenoxy) is 1. The van der Waals surface area contributed by atoms with Gasteiger partial charge >= 0.3 is 5.97 Å². The second-order valence-electron chi connectivity index (χ2n) is 4.03. The molecule has 0 aliphatic heterocycles. The number of aryl methyl sites for hydroxylation is 1. The van der Waals surface area contributed by atoms with E-state index in [0.717, 1.165) is 20.4 Å². The van der Waals surface area contributed by atoms with Crippen molar-refractivity contribution in [3.8, 4) is 0 Å². The van der Waals surface area contributed by atoms with Crippen LogP contribution in [0, 0.1) is 6.92 Å². The van der Waals surface area contributed by atoms with Gasteiger partial charge in [-0.3, -0.25) is 0 Å². The lowest BCUT2D eigenvalue weighted by atomic mass is 10.2. The van der Waals surface area contributed by atoms with Crippen molar-refractivity contribution in [1.82, 2.24) is 0 Å². The maximum Gasteiger partial charge on any atom is 0.337 e. The number of hydrogen-bond acceptors (Lipinski definition) is 3. The lowest BCUT2D eigenvalue weighted by Gasteiger charge is -2.05. The summed E-state index contributed by atoms with van der Waals surface area (Å²) in [5.41, 5.74) is 1.61. The molecule has 0 aliphatic rings. The summed E-state index contributed by atoms with van der Waals surface area (Å²) in [7, 11) is 1.38. The van der Waals surface area contributed by atoms with Crippen LogP contribution in [0.4, 0.5) is 0 Å². The normalized spacial score (nSPS) is 10.3. The van der Waals surface area contributed by atoms with Gasteiger partial charge in [-0.1, -0.05) is 23.4 Å². The van der Waals surface area contributed by atoms with Crippen molar-refractivity contribution in [1.29, 1.82) is 0 Å². The molecule has 0 saturated heterocycles. The average Bonchev–Trinajstić information content (AvgIpc) is 2.43. The molecule has 0 N–H and O–H groups in total. The number of carbonyl (C=O) groups excluding carboxylic acids is 1. The minimum atomic E-state index is -0.320. The highest BCUT2D eigenvalue weighted by Gasteiger charge is 2.05. The first-order valence-corrected chi connectivity index (χ1v) is 6.92. The van der Waals surface area contributed by atoms with Crippen molar-refractivity contribution in [2.45, 2.75) is 16.7 Å². The summed E-state index contributed by atoms with van der Waals surface area (Å²) in [5.74, 6) is -0.320.